The second-order valence-electron chi connectivity index (χ2n) is 5.08. The zero-order chi connectivity index (χ0) is 14.3. The molecular formula is C16H25NO2. The predicted octanol–water partition coefficient (Wildman–Crippen LogP) is 3.38. The number of aryl methyl sites for hydroxylation is 2. The van der Waals surface area contributed by atoms with Crippen LogP contribution in [0.25, 0.3) is 0 Å². The van der Waals surface area contributed by atoms with Gasteiger partial charge in [-0.3, -0.25) is 4.79 Å². The molecule has 0 aliphatic rings. The average Bonchev–Trinajstić information content (AvgIpc) is 2.33. The van der Waals surface area contributed by atoms with Gasteiger partial charge >= 0.3 is 0 Å². The van der Waals surface area contributed by atoms with E-state index >= 15 is 0 Å². The topological polar surface area (TPSA) is 38.3 Å². The maximum absolute atomic E-state index is 11.8. The third-order valence-corrected chi connectivity index (χ3v) is 2.96. The Morgan fingerprint density at radius 2 is 1.84 bits per heavy atom. The van der Waals surface area contributed by atoms with Gasteiger partial charge in [-0.1, -0.05) is 25.8 Å². The van der Waals surface area contributed by atoms with Crippen LogP contribution in [0.3, 0.4) is 0 Å². The molecule has 0 aromatic heterocycles. The van der Waals surface area contributed by atoms with Crippen LogP contribution in [0.1, 0.15) is 44.2 Å². The summed E-state index contributed by atoms with van der Waals surface area (Å²) in [7, 11) is 0. The van der Waals surface area contributed by atoms with Gasteiger partial charge in [0.05, 0.1) is 0 Å². The molecule has 3 nitrogen and oxygen atoms in total. The summed E-state index contributed by atoms with van der Waals surface area (Å²) in [5.74, 6) is 0.712. The van der Waals surface area contributed by atoms with Crippen molar-refractivity contribution in [2.75, 3.05) is 6.54 Å². The first-order valence-corrected chi connectivity index (χ1v) is 7.05. The SMILES string of the molecule is CCCCCNC(=O)[C@@H](C)Oc1cc(C)cc(C)c1. The van der Waals surface area contributed by atoms with E-state index in [4.69, 9.17) is 4.74 Å². The molecule has 0 radical (unpaired) electrons. The Bertz CT molecular complexity index is 395. The number of carbonyl (C=O) groups is 1. The van der Waals surface area contributed by atoms with Crippen LogP contribution in [0.5, 0.6) is 5.75 Å². The van der Waals surface area contributed by atoms with E-state index in [2.05, 4.69) is 18.3 Å². The molecule has 106 valence electrons. The number of hydrogen-bond donors (Lipinski definition) is 1. The lowest BCUT2D eigenvalue weighted by Gasteiger charge is -2.15. The number of benzene rings is 1. The first-order valence-electron chi connectivity index (χ1n) is 7.05. The number of rotatable bonds is 7. The molecule has 1 aromatic carbocycles. The van der Waals surface area contributed by atoms with E-state index in [-0.39, 0.29) is 5.91 Å². The highest BCUT2D eigenvalue weighted by atomic mass is 16.5. The van der Waals surface area contributed by atoms with Gasteiger partial charge in [0.1, 0.15) is 5.75 Å². The molecule has 1 rings (SSSR count). The van der Waals surface area contributed by atoms with Crippen LogP contribution in [0.4, 0.5) is 0 Å². The van der Waals surface area contributed by atoms with E-state index in [0.29, 0.717) is 0 Å². The quantitative estimate of drug-likeness (QED) is 0.766. The lowest BCUT2D eigenvalue weighted by Crippen LogP contribution is -2.36. The molecular weight excluding hydrogens is 238 g/mol. The maximum Gasteiger partial charge on any atom is 0.260 e. The number of amides is 1. The van der Waals surface area contributed by atoms with Gasteiger partial charge in [-0.15, -0.1) is 0 Å². The van der Waals surface area contributed by atoms with Crippen molar-refractivity contribution in [1.82, 2.24) is 5.32 Å². The molecule has 19 heavy (non-hydrogen) atoms. The first-order chi connectivity index (χ1) is 9.02. The summed E-state index contributed by atoms with van der Waals surface area (Å²) in [4.78, 5) is 11.8. The highest BCUT2D eigenvalue weighted by Crippen LogP contribution is 2.17. The largest absolute Gasteiger partial charge is 0.481 e. The van der Waals surface area contributed by atoms with Crippen LogP contribution in [0, 0.1) is 13.8 Å². The van der Waals surface area contributed by atoms with Crippen molar-refractivity contribution in [2.45, 2.75) is 53.1 Å². The number of nitrogens with one attached hydrogen (secondary N) is 1. The highest BCUT2D eigenvalue weighted by molar-refractivity contribution is 5.80. The van der Waals surface area contributed by atoms with Crippen LogP contribution in [-0.2, 0) is 4.79 Å². The molecule has 0 spiro atoms. The van der Waals surface area contributed by atoms with Gasteiger partial charge in [-0.05, 0) is 50.5 Å². The Hall–Kier alpha value is -1.51. The molecule has 0 unspecified atom stereocenters. The molecule has 3 heteroatoms. The number of hydrogen-bond acceptors (Lipinski definition) is 2. The third kappa shape index (κ3) is 5.77. The van der Waals surface area contributed by atoms with Gasteiger partial charge < -0.3 is 10.1 Å². The second kappa shape index (κ2) is 7.82. The van der Waals surface area contributed by atoms with Crippen molar-refractivity contribution < 1.29 is 9.53 Å². The zero-order valence-corrected chi connectivity index (χ0v) is 12.5. The molecule has 1 N–H and O–H groups in total. The summed E-state index contributed by atoms with van der Waals surface area (Å²) in [6.07, 6.45) is 2.87. The third-order valence-electron chi connectivity index (χ3n) is 2.96. The van der Waals surface area contributed by atoms with E-state index in [1.807, 2.05) is 26.0 Å². The van der Waals surface area contributed by atoms with E-state index < -0.39 is 6.10 Å². The second-order valence-corrected chi connectivity index (χ2v) is 5.08. The molecule has 0 heterocycles. The maximum atomic E-state index is 11.8. The van der Waals surface area contributed by atoms with Crippen LogP contribution in [-0.4, -0.2) is 18.6 Å². The van der Waals surface area contributed by atoms with Crippen LogP contribution >= 0.6 is 0 Å². The Morgan fingerprint density at radius 1 is 1.21 bits per heavy atom. The van der Waals surface area contributed by atoms with Crippen molar-refractivity contribution in [3.05, 3.63) is 29.3 Å². The lowest BCUT2D eigenvalue weighted by molar-refractivity contribution is -0.127. The number of carbonyl (C=O) groups excluding carboxylic acids is 1. The highest BCUT2D eigenvalue weighted by Gasteiger charge is 2.14. The standard InChI is InChI=1S/C16H25NO2/c1-5-6-7-8-17-16(18)14(4)19-15-10-12(2)9-13(3)11-15/h9-11,14H,5-8H2,1-4H3,(H,17,18)/t14-/m1/s1. The van der Waals surface area contributed by atoms with Gasteiger partial charge in [0.15, 0.2) is 6.10 Å². The van der Waals surface area contributed by atoms with Gasteiger partial charge in [-0.25, -0.2) is 0 Å². The molecule has 0 saturated heterocycles. The van der Waals surface area contributed by atoms with Crippen molar-refractivity contribution in [2.24, 2.45) is 0 Å². The summed E-state index contributed by atoms with van der Waals surface area (Å²) in [6.45, 7) is 8.71. The fourth-order valence-corrected chi connectivity index (χ4v) is 1.99. The Morgan fingerprint density at radius 3 is 2.42 bits per heavy atom. The number of ether oxygens (including phenoxy) is 1. The van der Waals surface area contributed by atoms with Gasteiger partial charge in [-0.2, -0.15) is 0 Å². The van der Waals surface area contributed by atoms with Crippen LogP contribution < -0.4 is 10.1 Å². The van der Waals surface area contributed by atoms with E-state index in [0.717, 1.165) is 42.7 Å². The summed E-state index contributed by atoms with van der Waals surface area (Å²) < 4.78 is 5.68. The Labute approximate surface area is 116 Å². The fourth-order valence-electron chi connectivity index (χ4n) is 1.99. The Kier molecular flexibility index (Phi) is 6.40. The smallest absolute Gasteiger partial charge is 0.260 e. The van der Waals surface area contributed by atoms with Crippen molar-refractivity contribution in [3.63, 3.8) is 0 Å². The van der Waals surface area contributed by atoms with Crippen molar-refractivity contribution in [1.29, 1.82) is 0 Å². The molecule has 1 aromatic rings. The van der Waals surface area contributed by atoms with E-state index in [1.165, 1.54) is 0 Å². The first kappa shape index (κ1) is 15.5. The van der Waals surface area contributed by atoms with Crippen LogP contribution in [0.15, 0.2) is 18.2 Å². The van der Waals surface area contributed by atoms with Gasteiger partial charge in [0.25, 0.3) is 5.91 Å². The van der Waals surface area contributed by atoms with Gasteiger partial charge in [0, 0.05) is 6.54 Å². The lowest BCUT2D eigenvalue weighted by atomic mass is 10.1. The molecule has 0 saturated carbocycles. The van der Waals surface area contributed by atoms with Crippen molar-refractivity contribution >= 4 is 5.91 Å². The molecule has 0 aliphatic carbocycles. The average molecular weight is 263 g/mol. The molecule has 0 bridgehead atoms. The van der Waals surface area contributed by atoms with Crippen molar-refractivity contribution in [3.8, 4) is 5.75 Å². The predicted molar refractivity (Wildman–Crippen MR) is 78.5 cm³/mol. The molecule has 0 aliphatic heterocycles. The minimum absolute atomic E-state index is 0.0461. The van der Waals surface area contributed by atoms with E-state index in [9.17, 15) is 4.79 Å². The van der Waals surface area contributed by atoms with E-state index in [1.54, 1.807) is 6.92 Å². The Balaban J connectivity index is 2.44. The fraction of sp³-hybridized carbons (Fsp3) is 0.562. The summed E-state index contributed by atoms with van der Waals surface area (Å²) >= 11 is 0. The molecule has 1 amide bonds. The normalized spacial score (nSPS) is 12.0. The summed E-state index contributed by atoms with van der Waals surface area (Å²) in [6, 6.07) is 5.99. The zero-order valence-electron chi connectivity index (χ0n) is 12.5. The molecule has 0 fully saturated rings. The van der Waals surface area contributed by atoms with Crippen LogP contribution in [0.2, 0.25) is 0 Å². The van der Waals surface area contributed by atoms with Gasteiger partial charge in [0.2, 0.25) is 0 Å². The minimum atomic E-state index is -0.456. The summed E-state index contributed by atoms with van der Waals surface area (Å²) in [5.41, 5.74) is 2.29. The number of unbranched alkanes of at least 4 members (excludes halogenated alkanes) is 2. The monoisotopic (exact) mass is 263 g/mol. The summed E-state index contributed by atoms with van der Waals surface area (Å²) in [5, 5.41) is 2.90. The molecule has 1 atom stereocenters. The minimum Gasteiger partial charge on any atom is -0.481 e.